The van der Waals surface area contributed by atoms with Crippen LogP contribution in [0.5, 0.6) is 5.75 Å². The van der Waals surface area contributed by atoms with Gasteiger partial charge in [0.1, 0.15) is 5.75 Å². The molecule has 0 aliphatic heterocycles. The van der Waals surface area contributed by atoms with Crippen molar-refractivity contribution in [2.75, 3.05) is 12.9 Å². The first-order valence-corrected chi connectivity index (χ1v) is 7.88. The molecule has 4 nitrogen and oxygen atoms in total. The summed E-state index contributed by atoms with van der Waals surface area (Å²) in [5.74, 6) is -0.283. The van der Waals surface area contributed by atoms with E-state index in [1.165, 1.54) is 0 Å². The number of carbonyl (C=O) groups excluding carboxylic acids is 2. The average molecular weight is 296 g/mol. The van der Waals surface area contributed by atoms with E-state index in [2.05, 4.69) is 0 Å². The Hall–Kier alpha value is -1.49. The number of unbranched alkanes of at least 4 members (excludes halogenated alkanes) is 1. The average Bonchev–Trinajstić information content (AvgIpc) is 2.46. The summed E-state index contributed by atoms with van der Waals surface area (Å²) in [7, 11) is 0. The Morgan fingerprint density at radius 2 is 1.75 bits per heavy atom. The molecule has 0 aliphatic rings. The third-order valence-corrected chi connectivity index (χ3v) is 3.33. The van der Waals surface area contributed by atoms with Crippen molar-refractivity contribution in [2.24, 2.45) is 0 Å². The Bertz CT molecular complexity index is 428. The molecule has 0 atom stereocenters. The molecule has 1 aromatic carbocycles. The predicted molar refractivity (Wildman–Crippen MR) is 79.0 cm³/mol. The van der Waals surface area contributed by atoms with Gasteiger partial charge in [0.2, 0.25) is 0 Å². The molecule has 0 radical (unpaired) electrons. The van der Waals surface area contributed by atoms with Crippen molar-refractivity contribution in [2.45, 2.75) is 37.5 Å². The third-order valence-electron chi connectivity index (χ3n) is 2.59. The number of benzene rings is 1. The van der Waals surface area contributed by atoms with Gasteiger partial charge in [0.15, 0.2) is 0 Å². The van der Waals surface area contributed by atoms with E-state index < -0.39 is 5.97 Å². The Labute approximate surface area is 123 Å². The molecule has 110 valence electrons. The quantitative estimate of drug-likeness (QED) is 0.318. The first-order chi connectivity index (χ1) is 9.65. The molecule has 0 saturated carbocycles. The van der Waals surface area contributed by atoms with Gasteiger partial charge in [-0.25, -0.2) is 0 Å². The van der Waals surface area contributed by atoms with Gasteiger partial charge < -0.3 is 9.47 Å². The van der Waals surface area contributed by atoms with Crippen LogP contribution >= 0.6 is 11.8 Å². The van der Waals surface area contributed by atoms with Crippen LogP contribution in [0.15, 0.2) is 29.2 Å². The Kier molecular flexibility index (Phi) is 7.80. The van der Waals surface area contributed by atoms with Gasteiger partial charge in [0.05, 0.1) is 19.4 Å². The molecule has 0 bridgehead atoms. The lowest BCUT2D eigenvalue weighted by molar-refractivity contribution is -0.147. The minimum absolute atomic E-state index is 0.0369. The second-order valence-corrected chi connectivity index (χ2v) is 5.10. The zero-order valence-corrected chi connectivity index (χ0v) is 12.7. The SMILES string of the molecule is CCCCOC(=O)CCC(=O)Oc1ccc(SC)cc1. The molecule has 5 heteroatoms. The first-order valence-electron chi connectivity index (χ1n) is 6.66. The molecule has 0 N–H and O–H groups in total. The van der Waals surface area contributed by atoms with Crippen LogP contribution in [0.2, 0.25) is 0 Å². The molecule has 0 heterocycles. The number of esters is 2. The van der Waals surface area contributed by atoms with Crippen molar-refractivity contribution < 1.29 is 19.1 Å². The highest BCUT2D eigenvalue weighted by molar-refractivity contribution is 7.98. The van der Waals surface area contributed by atoms with E-state index >= 15 is 0 Å². The molecule has 0 aromatic heterocycles. The lowest BCUT2D eigenvalue weighted by Crippen LogP contribution is -2.12. The fourth-order valence-electron chi connectivity index (χ4n) is 1.43. The number of ether oxygens (including phenoxy) is 2. The van der Waals surface area contributed by atoms with E-state index in [4.69, 9.17) is 9.47 Å². The normalized spacial score (nSPS) is 10.1. The summed E-state index contributed by atoms with van der Waals surface area (Å²) >= 11 is 1.62. The summed E-state index contributed by atoms with van der Waals surface area (Å²) in [5, 5.41) is 0. The summed E-state index contributed by atoms with van der Waals surface area (Å²) in [5.41, 5.74) is 0. The Morgan fingerprint density at radius 3 is 2.35 bits per heavy atom. The first kappa shape index (κ1) is 16.6. The van der Waals surface area contributed by atoms with Gasteiger partial charge in [-0.2, -0.15) is 0 Å². The van der Waals surface area contributed by atoms with Crippen molar-refractivity contribution in [3.8, 4) is 5.75 Å². The zero-order chi connectivity index (χ0) is 14.8. The summed E-state index contributed by atoms with van der Waals surface area (Å²) in [6.07, 6.45) is 3.89. The van der Waals surface area contributed by atoms with Crippen LogP contribution in [0, 0.1) is 0 Å². The molecule has 0 aliphatic carbocycles. The highest BCUT2D eigenvalue weighted by atomic mass is 32.2. The minimum atomic E-state index is -0.422. The topological polar surface area (TPSA) is 52.6 Å². The molecular weight excluding hydrogens is 276 g/mol. The van der Waals surface area contributed by atoms with E-state index in [9.17, 15) is 9.59 Å². The van der Waals surface area contributed by atoms with Crippen LogP contribution in [0.4, 0.5) is 0 Å². The smallest absolute Gasteiger partial charge is 0.311 e. The van der Waals surface area contributed by atoms with Gasteiger partial charge in [-0.1, -0.05) is 13.3 Å². The Morgan fingerprint density at radius 1 is 1.10 bits per heavy atom. The van der Waals surface area contributed by atoms with Gasteiger partial charge in [-0.05, 0) is 36.9 Å². The van der Waals surface area contributed by atoms with E-state index in [-0.39, 0.29) is 18.8 Å². The van der Waals surface area contributed by atoms with E-state index in [1.807, 2.05) is 25.3 Å². The van der Waals surface area contributed by atoms with Crippen LogP contribution in [0.3, 0.4) is 0 Å². The lowest BCUT2D eigenvalue weighted by Gasteiger charge is -2.05. The van der Waals surface area contributed by atoms with Gasteiger partial charge in [0.25, 0.3) is 0 Å². The van der Waals surface area contributed by atoms with Gasteiger partial charge in [0, 0.05) is 4.90 Å². The summed E-state index contributed by atoms with van der Waals surface area (Å²) in [6, 6.07) is 7.24. The van der Waals surface area contributed by atoms with Crippen molar-refractivity contribution in [1.29, 1.82) is 0 Å². The molecular formula is C15H20O4S. The number of rotatable bonds is 8. The summed E-state index contributed by atoms with van der Waals surface area (Å²) in [6.45, 7) is 2.44. The molecule has 0 amide bonds. The predicted octanol–water partition coefficient (Wildman–Crippen LogP) is 3.44. The van der Waals surface area contributed by atoms with Crippen LogP contribution in [-0.4, -0.2) is 24.8 Å². The zero-order valence-electron chi connectivity index (χ0n) is 11.9. The standard InChI is InChI=1S/C15H20O4S/c1-3-4-11-18-14(16)9-10-15(17)19-12-5-7-13(20-2)8-6-12/h5-8H,3-4,9-11H2,1-2H3. The fraction of sp³-hybridized carbons (Fsp3) is 0.467. The van der Waals surface area contributed by atoms with Crippen molar-refractivity contribution in [1.82, 2.24) is 0 Å². The lowest BCUT2D eigenvalue weighted by atomic mass is 10.3. The third kappa shape index (κ3) is 6.61. The highest BCUT2D eigenvalue weighted by Gasteiger charge is 2.10. The molecule has 1 aromatic rings. The molecule has 0 unspecified atom stereocenters. The maximum absolute atomic E-state index is 11.6. The van der Waals surface area contributed by atoms with Crippen LogP contribution in [-0.2, 0) is 14.3 Å². The Balaban J connectivity index is 2.27. The van der Waals surface area contributed by atoms with Gasteiger partial charge in [-0.3, -0.25) is 9.59 Å². The van der Waals surface area contributed by atoms with Gasteiger partial charge >= 0.3 is 11.9 Å². The van der Waals surface area contributed by atoms with Crippen molar-refractivity contribution >= 4 is 23.7 Å². The van der Waals surface area contributed by atoms with Crippen molar-refractivity contribution in [3.05, 3.63) is 24.3 Å². The number of hydrogen-bond acceptors (Lipinski definition) is 5. The maximum atomic E-state index is 11.6. The monoisotopic (exact) mass is 296 g/mol. The molecule has 1 rings (SSSR count). The largest absolute Gasteiger partial charge is 0.466 e. The second kappa shape index (κ2) is 9.42. The van der Waals surface area contributed by atoms with E-state index in [1.54, 1.807) is 23.9 Å². The molecule has 0 spiro atoms. The number of thioether (sulfide) groups is 1. The second-order valence-electron chi connectivity index (χ2n) is 4.22. The summed E-state index contributed by atoms with van der Waals surface area (Å²) < 4.78 is 10.1. The fourth-order valence-corrected chi connectivity index (χ4v) is 1.84. The van der Waals surface area contributed by atoms with Gasteiger partial charge in [-0.15, -0.1) is 11.8 Å². The highest BCUT2D eigenvalue weighted by Crippen LogP contribution is 2.19. The minimum Gasteiger partial charge on any atom is -0.466 e. The molecule has 20 heavy (non-hydrogen) atoms. The maximum Gasteiger partial charge on any atom is 0.311 e. The van der Waals surface area contributed by atoms with Crippen molar-refractivity contribution in [3.63, 3.8) is 0 Å². The van der Waals surface area contributed by atoms with Crippen LogP contribution in [0.25, 0.3) is 0 Å². The number of hydrogen-bond donors (Lipinski definition) is 0. The van der Waals surface area contributed by atoms with E-state index in [0.29, 0.717) is 12.4 Å². The summed E-state index contributed by atoms with van der Waals surface area (Å²) in [4.78, 5) is 24.0. The van der Waals surface area contributed by atoms with E-state index in [0.717, 1.165) is 17.7 Å². The van der Waals surface area contributed by atoms with Crippen LogP contribution in [0.1, 0.15) is 32.6 Å². The molecule has 0 fully saturated rings. The molecule has 0 saturated heterocycles. The van der Waals surface area contributed by atoms with Crippen LogP contribution < -0.4 is 4.74 Å². The number of carbonyl (C=O) groups is 2.